The molecule has 0 aliphatic heterocycles. The third-order valence-electron chi connectivity index (χ3n) is 3.87. The highest BCUT2D eigenvalue weighted by molar-refractivity contribution is 5.52. The lowest BCUT2D eigenvalue weighted by molar-refractivity contribution is -0.137. The summed E-state index contributed by atoms with van der Waals surface area (Å²) in [4.78, 5) is 3.86. The summed E-state index contributed by atoms with van der Waals surface area (Å²) >= 11 is 0. The number of ether oxygens (including phenoxy) is 1. The lowest BCUT2D eigenvalue weighted by atomic mass is 10.1. The number of nitrogens with zero attached hydrogens (tertiary/aromatic N) is 1. The SMILES string of the molecule is COc1cccc2c1CCC2Nc1ncccc1C(F)(F)F. The molecule has 1 aliphatic rings. The van der Waals surface area contributed by atoms with Crippen LogP contribution in [0.1, 0.15) is 29.2 Å². The molecule has 1 atom stereocenters. The number of rotatable bonds is 3. The summed E-state index contributed by atoms with van der Waals surface area (Å²) in [5, 5.41) is 2.94. The highest BCUT2D eigenvalue weighted by atomic mass is 19.4. The van der Waals surface area contributed by atoms with Gasteiger partial charge in [0.05, 0.1) is 18.7 Å². The van der Waals surface area contributed by atoms with Gasteiger partial charge in [0.2, 0.25) is 0 Å². The van der Waals surface area contributed by atoms with Gasteiger partial charge in [-0.1, -0.05) is 12.1 Å². The normalized spacial score (nSPS) is 17.2. The zero-order valence-electron chi connectivity index (χ0n) is 11.9. The summed E-state index contributed by atoms with van der Waals surface area (Å²) in [5.74, 6) is 0.648. The summed E-state index contributed by atoms with van der Waals surface area (Å²) in [7, 11) is 1.59. The Labute approximate surface area is 126 Å². The van der Waals surface area contributed by atoms with Gasteiger partial charge in [0.15, 0.2) is 0 Å². The second kappa shape index (κ2) is 5.51. The molecule has 0 bridgehead atoms. The van der Waals surface area contributed by atoms with Gasteiger partial charge in [0, 0.05) is 6.20 Å². The Balaban J connectivity index is 1.92. The summed E-state index contributed by atoms with van der Waals surface area (Å²) in [6.45, 7) is 0. The second-order valence-electron chi connectivity index (χ2n) is 5.16. The molecule has 1 aliphatic carbocycles. The fourth-order valence-electron chi connectivity index (χ4n) is 2.88. The van der Waals surface area contributed by atoms with Gasteiger partial charge < -0.3 is 10.1 Å². The van der Waals surface area contributed by atoms with Crippen LogP contribution < -0.4 is 10.1 Å². The topological polar surface area (TPSA) is 34.1 Å². The van der Waals surface area contributed by atoms with Crippen LogP contribution in [-0.2, 0) is 12.6 Å². The van der Waals surface area contributed by atoms with E-state index in [1.807, 2.05) is 18.2 Å². The lowest BCUT2D eigenvalue weighted by Crippen LogP contribution is -2.15. The predicted molar refractivity (Wildman–Crippen MR) is 76.9 cm³/mol. The van der Waals surface area contributed by atoms with Gasteiger partial charge in [-0.3, -0.25) is 0 Å². The number of alkyl halides is 3. The van der Waals surface area contributed by atoms with E-state index in [1.165, 1.54) is 12.3 Å². The highest BCUT2D eigenvalue weighted by Gasteiger charge is 2.35. The Morgan fingerprint density at radius 2 is 2.05 bits per heavy atom. The van der Waals surface area contributed by atoms with Crippen LogP contribution in [0.4, 0.5) is 19.0 Å². The van der Waals surface area contributed by atoms with Crippen LogP contribution in [-0.4, -0.2) is 12.1 Å². The third-order valence-corrected chi connectivity index (χ3v) is 3.87. The average Bonchev–Trinajstić information content (AvgIpc) is 2.90. The van der Waals surface area contributed by atoms with Crippen molar-refractivity contribution < 1.29 is 17.9 Å². The minimum Gasteiger partial charge on any atom is -0.496 e. The van der Waals surface area contributed by atoms with Crippen molar-refractivity contribution in [1.29, 1.82) is 0 Å². The van der Waals surface area contributed by atoms with Gasteiger partial charge >= 0.3 is 6.18 Å². The number of hydrogen-bond acceptors (Lipinski definition) is 3. The highest BCUT2D eigenvalue weighted by Crippen LogP contribution is 2.40. The molecule has 0 saturated carbocycles. The summed E-state index contributed by atoms with van der Waals surface area (Å²) in [6.07, 6.45) is -1.58. The molecular formula is C16H15F3N2O. The maximum atomic E-state index is 13.0. The van der Waals surface area contributed by atoms with Crippen molar-refractivity contribution in [1.82, 2.24) is 4.98 Å². The molecule has 22 heavy (non-hydrogen) atoms. The largest absolute Gasteiger partial charge is 0.496 e. The van der Waals surface area contributed by atoms with Crippen molar-refractivity contribution in [2.75, 3.05) is 12.4 Å². The van der Waals surface area contributed by atoms with Crippen LogP contribution in [0.25, 0.3) is 0 Å². The number of benzene rings is 1. The first kappa shape index (κ1) is 14.7. The summed E-state index contributed by atoms with van der Waals surface area (Å²) in [5.41, 5.74) is 1.27. The number of nitrogens with one attached hydrogen (secondary N) is 1. The van der Waals surface area contributed by atoms with Gasteiger partial charge in [-0.15, -0.1) is 0 Å². The van der Waals surface area contributed by atoms with E-state index in [9.17, 15) is 13.2 Å². The Kier molecular flexibility index (Phi) is 3.68. The lowest BCUT2D eigenvalue weighted by Gasteiger charge is -2.18. The van der Waals surface area contributed by atoms with E-state index in [4.69, 9.17) is 4.74 Å². The van der Waals surface area contributed by atoms with E-state index in [0.29, 0.717) is 6.42 Å². The molecular weight excluding hydrogens is 293 g/mol. The summed E-state index contributed by atoms with van der Waals surface area (Å²) < 4.78 is 44.4. The Morgan fingerprint density at radius 3 is 2.77 bits per heavy atom. The van der Waals surface area contributed by atoms with E-state index in [2.05, 4.69) is 10.3 Å². The predicted octanol–water partition coefficient (Wildman–Crippen LogP) is 4.21. The van der Waals surface area contributed by atoms with Gasteiger partial charge in [0.25, 0.3) is 0 Å². The van der Waals surface area contributed by atoms with Gasteiger partial charge in [-0.05, 0) is 42.2 Å². The van der Waals surface area contributed by atoms with Gasteiger partial charge in [0.1, 0.15) is 11.6 Å². The van der Waals surface area contributed by atoms with Crippen molar-refractivity contribution in [3.63, 3.8) is 0 Å². The molecule has 116 valence electrons. The van der Waals surface area contributed by atoms with Crippen molar-refractivity contribution in [3.8, 4) is 5.75 Å². The molecule has 0 amide bonds. The molecule has 1 N–H and O–H groups in total. The number of pyridine rings is 1. The van der Waals surface area contributed by atoms with E-state index < -0.39 is 11.7 Å². The number of halogens is 3. The van der Waals surface area contributed by atoms with Crippen LogP contribution in [0.2, 0.25) is 0 Å². The molecule has 2 aromatic rings. The number of methoxy groups -OCH3 is 1. The maximum absolute atomic E-state index is 13.0. The molecule has 1 aromatic carbocycles. The molecule has 0 saturated heterocycles. The molecule has 0 radical (unpaired) electrons. The Hall–Kier alpha value is -2.24. The molecule has 6 heteroatoms. The zero-order valence-corrected chi connectivity index (χ0v) is 11.9. The third kappa shape index (κ3) is 2.61. The minimum absolute atomic E-state index is 0.129. The fraction of sp³-hybridized carbons (Fsp3) is 0.312. The molecule has 0 fully saturated rings. The first-order valence-electron chi connectivity index (χ1n) is 6.95. The number of anilines is 1. The minimum atomic E-state index is -4.42. The Bertz CT molecular complexity index is 685. The monoisotopic (exact) mass is 308 g/mol. The van der Waals surface area contributed by atoms with Gasteiger partial charge in [-0.2, -0.15) is 13.2 Å². The van der Waals surface area contributed by atoms with E-state index >= 15 is 0 Å². The second-order valence-corrected chi connectivity index (χ2v) is 5.16. The van der Waals surface area contributed by atoms with Crippen LogP contribution in [0.3, 0.4) is 0 Å². The van der Waals surface area contributed by atoms with Crippen molar-refractivity contribution >= 4 is 5.82 Å². The van der Waals surface area contributed by atoms with E-state index in [1.54, 1.807) is 7.11 Å². The van der Waals surface area contributed by atoms with E-state index in [-0.39, 0.29) is 11.9 Å². The van der Waals surface area contributed by atoms with Crippen LogP contribution in [0, 0.1) is 0 Å². The summed E-state index contributed by atoms with van der Waals surface area (Å²) in [6, 6.07) is 7.76. The van der Waals surface area contributed by atoms with E-state index in [0.717, 1.165) is 29.4 Å². The smallest absolute Gasteiger partial charge is 0.419 e. The first-order chi connectivity index (χ1) is 10.5. The Morgan fingerprint density at radius 1 is 1.23 bits per heavy atom. The average molecular weight is 308 g/mol. The molecule has 1 aromatic heterocycles. The standard InChI is InChI=1S/C16H15F3N2O/c1-22-14-6-2-4-10-11(14)7-8-13(10)21-15-12(16(17,18)19)5-3-9-20-15/h2-6,9,13H,7-8H2,1H3,(H,20,21). The zero-order chi connectivity index (χ0) is 15.7. The quantitative estimate of drug-likeness (QED) is 0.922. The maximum Gasteiger partial charge on any atom is 0.419 e. The first-order valence-corrected chi connectivity index (χ1v) is 6.95. The van der Waals surface area contributed by atoms with Crippen molar-refractivity contribution in [3.05, 3.63) is 53.2 Å². The fourth-order valence-corrected chi connectivity index (χ4v) is 2.88. The molecule has 0 spiro atoms. The molecule has 3 nitrogen and oxygen atoms in total. The van der Waals surface area contributed by atoms with Crippen LogP contribution in [0.5, 0.6) is 5.75 Å². The van der Waals surface area contributed by atoms with Crippen LogP contribution in [0.15, 0.2) is 36.5 Å². The van der Waals surface area contributed by atoms with Crippen molar-refractivity contribution in [2.45, 2.75) is 25.1 Å². The molecule has 1 heterocycles. The number of aromatic nitrogens is 1. The number of hydrogen-bond donors (Lipinski definition) is 1. The number of fused-ring (bicyclic) bond motifs is 1. The van der Waals surface area contributed by atoms with Crippen LogP contribution >= 0.6 is 0 Å². The van der Waals surface area contributed by atoms with Crippen molar-refractivity contribution in [2.24, 2.45) is 0 Å². The molecule has 3 rings (SSSR count). The van der Waals surface area contributed by atoms with Gasteiger partial charge in [-0.25, -0.2) is 4.98 Å². The molecule has 1 unspecified atom stereocenters.